The standard InChI is InChI=1S/C19H23N5O/c1-22-10-15(18-9-20-12-24(18)3)16(11-22)21-19(25)14-5-4-6-17-13(14)7-8-23(17)2/h4-9,12,15-16H,10-11H2,1-3H3,(H,21,25)/t15-,16-/m1/s1. The summed E-state index contributed by atoms with van der Waals surface area (Å²) >= 11 is 0. The number of hydrogen-bond acceptors (Lipinski definition) is 3. The summed E-state index contributed by atoms with van der Waals surface area (Å²) < 4.78 is 4.08. The zero-order valence-corrected chi connectivity index (χ0v) is 14.8. The van der Waals surface area contributed by atoms with Gasteiger partial charge in [0.2, 0.25) is 0 Å². The Kier molecular flexibility index (Phi) is 3.84. The first kappa shape index (κ1) is 15.9. The van der Waals surface area contributed by atoms with Crippen molar-refractivity contribution in [1.29, 1.82) is 0 Å². The van der Waals surface area contributed by atoms with Crippen LogP contribution in [0.15, 0.2) is 43.0 Å². The van der Waals surface area contributed by atoms with Crippen LogP contribution in [0, 0.1) is 0 Å². The lowest BCUT2D eigenvalue weighted by Gasteiger charge is -2.20. The molecule has 0 aliphatic carbocycles. The summed E-state index contributed by atoms with van der Waals surface area (Å²) in [7, 11) is 6.09. The highest BCUT2D eigenvalue weighted by atomic mass is 16.1. The van der Waals surface area contributed by atoms with Crippen molar-refractivity contribution in [2.45, 2.75) is 12.0 Å². The molecule has 1 fully saturated rings. The van der Waals surface area contributed by atoms with Crippen LogP contribution in [0.2, 0.25) is 0 Å². The van der Waals surface area contributed by atoms with Gasteiger partial charge in [0.15, 0.2) is 0 Å². The summed E-state index contributed by atoms with van der Waals surface area (Å²) in [4.78, 5) is 19.5. The van der Waals surface area contributed by atoms with Crippen molar-refractivity contribution in [2.24, 2.45) is 14.1 Å². The number of nitrogens with one attached hydrogen (secondary N) is 1. The molecule has 0 unspecified atom stereocenters. The Morgan fingerprint density at radius 2 is 2.00 bits per heavy atom. The zero-order chi connectivity index (χ0) is 17.6. The van der Waals surface area contributed by atoms with E-state index in [-0.39, 0.29) is 17.9 Å². The molecular formula is C19H23N5O. The fourth-order valence-electron chi connectivity index (χ4n) is 3.92. The minimum atomic E-state index is -0.00994. The van der Waals surface area contributed by atoms with E-state index in [1.807, 2.05) is 66.2 Å². The number of likely N-dealkylation sites (N-methyl/N-ethyl adjacent to an activating group) is 1. The van der Waals surface area contributed by atoms with Crippen LogP contribution in [0.1, 0.15) is 22.0 Å². The third kappa shape index (κ3) is 2.72. The van der Waals surface area contributed by atoms with Gasteiger partial charge in [-0.1, -0.05) is 6.07 Å². The molecular weight excluding hydrogens is 314 g/mol. The van der Waals surface area contributed by atoms with Gasteiger partial charge in [0.05, 0.1) is 12.4 Å². The largest absolute Gasteiger partial charge is 0.351 e. The number of carbonyl (C=O) groups is 1. The summed E-state index contributed by atoms with van der Waals surface area (Å²) in [6.07, 6.45) is 5.71. The molecule has 6 nitrogen and oxygen atoms in total. The van der Waals surface area contributed by atoms with E-state index in [4.69, 9.17) is 0 Å². The summed E-state index contributed by atoms with van der Waals surface area (Å²) in [5.74, 6) is 0.237. The van der Waals surface area contributed by atoms with Crippen molar-refractivity contribution in [3.8, 4) is 0 Å². The molecule has 6 heteroatoms. The first-order chi connectivity index (χ1) is 12.0. The van der Waals surface area contributed by atoms with Crippen LogP contribution >= 0.6 is 0 Å². The molecule has 4 rings (SSSR count). The van der Waals surface area contributed by atoms with Crippen LogP contribution in [0.5, 0.6) is 0 Å². The molecule has 0 radical (unpaired) electrons. The van der Waals surface area contributed by atoms with Crippen molar-refractivity contribution >= 4 is 16.8 Å². The molecule has 3 aromatic rings. The van der Waals surface area contributed by atoms with Crippen LogP contribution in [0.3, 0.4) is 0 Å². The highest BCUT2D eigenvalue weighted by molar-refractivity contribution is 6.06. The normalized spacial score (nSPS) is 21.1. The van der Waals surface area contributed by atoms with Gasteiger partial charge in [-0.2, -0.15) is 0 Å². The van der Waals surface area contributed by atoms with E-state index in [0.29, 0.717) is 0 Å². The van der Waals surface area contributed by atoms with Crippen LogP contribution in [-0.4, -0.2) is 51.1 Å². The summed E-state index contributed by atoms with van der Waals surface area (Å²) in [5.41, 5.74) is 2.96. The highest BCUT2D eigenvalue weighted by Gasteiger charge is 2.35. The number of amides is 1. The Bertz CT molecular complexity index is 925. The maximum atomic E-state index is 13.0. The number of nitrogens with zero attached hydrogens (tertiary/aromatic N) is 4. The fourth-order valence-corrected chi connectivity index (χ4v) is 3.92. The highest BCUT2D eigenvalue weighted by Crippen LogP contribution is 2.27. The van der Waals surface area contributed by atoms with Gasteiger partial charge in [-0.25, -0.2) is 4.98 Å². The maximum Gasteiger partial charge on any atom is 0.252 e. The van der Waals surface area contributed by atoms with Crippen LogP contribution in [0.4, 0.5) is 0 Å². The van der Waals surface area contributed by atoms with Crippen LogP contribution < -0.4 is 5.32 Å². The molecule has 3 heterocycles. The van der Waals surface area contributed by atoms with Crippen LogP contribution in [-0.2, 0) is 14.1 Å². The SMILES string of the molecule is CN1C[C@@H](NC(=O)c2cccc3c2ccn3C)[C@H](c2cncn2C)C1. The number of benzene rings is 1. The second-order valence-electron chi connectivity index (χ2n) is 7.00. The lowest BCUT2D eigenvalue weighted by Crippen LogP contribution is -2.40. The van der Waals surface area contributed by atoms with Crippen molar-refractivity contribution in [1.82, 2.24) is 24.3 Å². The lowest BCUT2D eigenvalue weighted by molar-refractivity contribution is 0.0937. The van der Waals surface area contributed by atoms with E-state index in [1.54, 1.807) is 0 Å². The number of likely N-dealkylation sites (tertiary alicyclic amines) is 1. The Balaban J connectivity index is 1.62. The number of imidazole rings is 1. The van der Waals surface area contributed by atoms with Crippen molar-refractivity contribution in [3.63, 3.8) is 0 Å². The predicted molar refractivity (Wildman–Crippen MR) is 97.6 cm³/mol. The molecule has 130 valence electrons. The number of carbonyl (C=O) groups excluding carboxylic acids is 1. The van der Waals surface area contributed by atoms with Gasteiger partial charge in [0, 0.05) is 67.7 Å². The molecule has 2 aromatic heterocycles. The molecule has 0 bridgehead atoms. The Morgan fingerprint density at radius 1 is 1.16 bits per heavy atom. The summed E-state index contributed by atoms with van der Waals surface area (Å²) in [5, 5.41) is 4.25. The molecule has 1 saturated heterocycles. The number of fused-ring (bicyclic) bond motifs is 1. The third-order valence-electron chi connectivity index (χ3n) is 5.23. The van der Waals surface area contributed by atoms with Crippen molar-refractivity contribution in [3.05, 3.63) is 54.2 Å². The second kappa shape index (κ2) is 6.04. The number of aromatic nitrogens is 3. The van der Waals surface area contributed by atoms with E-state index < -0.39 is 0 Å². The van der Waals surface area contributed by atoms with Gasteiger partial charge < -0.3 is 19.4 Å². The van der Waals surface area contributed by atoms with Crippen molar-refractivity contribution in [2.75, 3.05) is 20.1 Å². The van der Waals surface area contributed by atoms with Gasteiger partial charge in [-0.05, 0) is 25.2 Å². The molecule has 1 aromatic carbocycles. The van der Waals surface area contributed by atoms with E-state index in [0.717, 1.165) is 35.2 Å². The molecule has 25 heavy (non-hydrogen) atoms. The van der Waals surface area contributed by atoms with E-state index in [1.165, 1.54) is 0 Å². The number of rotatable bonds is 3. The first-order valence-corrected chi connectivity index (χ1v) is 8.54. The van der Waals surface area contributed by atoms with E-state index >= 15 is 0 Å². The van der Waals surface area contributed by atoms with E-state index in [9.17, 15) is 4.79 Å². The van der Waals surface area contributed by atoms with Gasteiger partial charge in [0.1, 0.15) is 0 Å². The number of aryl methyl sites for hydroxylation is 2. The van der Waals surface area contributed by atoms with Gasteiger partial charge in [0.25, 0.3) is 5.91 Å². The van der Waals surface area contributed by atoms with E-state index in [2.05, 4.69) is 22.2 Å². The predicted octanol–water partition coefficient (Wildman–Crippen LogP) is 1.74. The van der Waals surface area contributed by atoms with Gasteiger partial charge >= 0.3 is 0 Å². The molecule has 0 spiro atoms. The molecule has 1 N–H and O–H groups in total. The average Bonchev–Trinajstić information content (AvgIpc) is 3.27. The topological polar surface area (TPSA) is 55.1 Å². The zero-order valence-electron chi connectivity index (χ0n) is 14.8. The Morgan fingerprint density at radius 3 is 2.76 bits per heavy atom. The number of hydrogen-bond donors (Lipinski definition) is 1. The van der Waals surface area contributed by atoms with Gasteiger partial charge in [-0.15, -0.1) is 0 Å². The smallest absolute Gasteiger partial charge is 0.252 e. The molecule has 1 amide bonds. The maximum absolute atomic E-state index is 13.0. The monoisotopic (exact) mass is 337 g/mol. The van der Waals surface area contributed by atoms with Crippen LogP contribution in [0.25, 0.3) is 10.9 Å². The molecule has 1 aliphatic rings. The minimum absolute atomic E-state index is 0.00994. The molecule has 0 saturated carbocycles. The van der Waals surface area contributed by atoms with Gasteiger partial charge in [-0.3, -0.25) is 4.79 Å². The quantitative estimate of drug-likeness (QED) is 0.792. The fraction of sp³-hybridized carbons (Fsp3) is 0.368. The second-order valence-corrected chi connectivity index (χ2v) is 7.00. The Labute approximate surface area is 147 Å². The lowest BCUT2D eigenvalue weighted by atomic mass is 9.99. The summed E-state index contributed by atoms with van der Waals surface area (Å²) in [6.45, 7) is 1.76. The van der Waals surface area contributed by atoms with Crippen molar-refractivity contribution < 1.29 is 4.79 Å². The Hall–Kier alpha value is -2.60. The molecule has 1 aliphatic heterocycles. The minimum Gasteiger partial charge on any atom is -0.351 e. The third-order valence-corrected chi connectivity index (χ3v) is 5.23. The average molecular weight is 337 g/mol. The first-order valence-electron chi connectivity index (χ1n) is 8.54. The summed E-state index contributed by atoms with van der Waals surface area (Å²) in [6, 6.07) is 7.95. The molecule has 2 atom stereocenters.